The molecule has 0 saturated carbocycles. The third-order valence-corrected chi connectivity index (χ3v) is 7.65. The summed E-state index contributed by atoms with van der Waals surface area (Å²) in [6.07, 6.45) is 1.40. The highest BCUT2D eigenvalue weighted by Crippen LogP contribution is 2.14. The first-order valence-corrected chi connectivity index (χ1v) is 9.43. The van der Waals surface area contributed by atoms with E-state index in [-0.39, 0.29) is 0 Å². The van der Waals surface area contributed by atoms with Gasteiger partial charge in [0.15, 0.2) is 0 Å². The molecule has 1 aliphatic rings. The van der Waals surface area contributed by atoms with Crippen LogP contribution < -0.4 is 0 Å². The minimum absolute atomic E-state index is 0.633. The third-order valence-electron chi connectivity index (χ3n) is 3.99. The number of rotatable bonds is 6. The van der Waals surface area contributed by atoms with Crippen molar-refractivity contribution in [3.63, 3.8) is 0 Å². The minimum atomic E-state index is -0.633. The van der Waals surface area contributed by atoms with E-state index in [1.807, 2.05) is 0 Å². The van der Waals surface area contributed by atoms with Gasteiger partial charge in [-0.15, -0.1) is 0 Å². The molecule has 0 N–H and O–H groups in total. The van der Waals surface area contributed by atoms with Crippen LogP contribution in [0.2, 0.25) is 10.6 Å². The highest BCUT2D eigenvalue weighted by Gasteiger charge is 2.28. The van der Waals surface area contributed by atoms with Gasteiger partial charge in [-0.25, -0.2) is 0 Å². The molecule has 0 spiro atoms. The van der Waals surface area contributed by atoms with Crippen LogP contribution in [0, 0.1) is 0 Å². The second-order valence-electron chi connectivity index (χ2n) is 5.45. The van der Waals surface area contributed by atoms with Crippen molar-refractivity contribution in [2.75, 3.05) is 53.4 Å². The lowest BCUT2D eigenvalue weighted by Crippen LogP contribution is -2.40. The summed E-state index contributed by atoms with van der Waals surface area (Å²) in [6, 6.07) is 0. The Kier molecular flexibility index (Phi) is 7.74. The smallest absolute Gasteiger partial charge is 0.374 e. The number of nitrogens with zero attached hydrogens (tertiary/aromatic N) is 3. The quantitative estimate of drug-likeness (QED) is 0.667. The molecule has 0 aliphatic carbocycles. The Morgan fingerprint density at radius 3 is 2.41 bits per heavy atom. The van der Waals surface area contributed by atoms with Crippen LogP contribution in [0.25, 0.3) is 0 Å². The standard InChI is InChI=1S/C8H18N2.C5H12N.Al/c1-4-9-7-8-10(5-2)6-3;1-4-5-6(2)3;/h2,4-8H2,1,3H3;1,4-5H2,2-3H3;/q-1;;+1. The maximum Gasteiger partial charge on any atom is 0.374 e. The number of hydrogen-bond acceptors (Lipinski definition) is 3. The molecule has 0 unspecified atom stereocenters. The van der Waals surface area contributed by atoms with Crippen LogP contribution in [0.1, 0.15) is 20.3 Å². The molecule has 0 aromatic heterocycles. The van der Waals surface area contributed by atoms with Crippen molar-refractivity contribution in [1.29, 1.82) is 0 Å². The Morgan fingerprint density at radius 1 is 1.06 bits per heavy atom. The van der Waals surface area contributed by atoms with Crippen LogP contribution >= 0.6 is 0 Å². The molecule has 3 nitrogen and oxygen atoms in total. The van der Waals surface area contributed by atoms with Crippen molar-refractivity contribution in [2.24, 2.45) is 0 Å². The van der Waals surface area contributed by atoms with Gasteiger partial charge in [0.2, 0.25) is 0 Å². The van der Waals surface area contributed by atoms with Crippen molar-refractivity contribution < 1.29 is 0 Å². The van der Waals surface area contributed by atoms with E-state index < -0.39 is 14.4 Å². The van der Waals surface area contributed by atoms with Gasteiger partial charge < -0.3 is 13.7 Å². The maximum atomic E-state index is 2.82. The van der Waals surface area contributed by atoms with E-state index >= 15 is 0 Å². The summed E-state index contributed by atoms with van der Waals surface area (Å²) in [7, 11) is 4.37. The van der Waals surface area contributed by atoms with Gasteiger partial charge in [-0.3, -0.25) is 0 Å². The van der Waals surface area contributed by atoms with E-state index in [1.54, 1.807) is 0 Å². The van der Waals surface area contributed by atoms with Gasteiger partial charge in [-0.1, -0.05) is 30.8 Å². The Morgan fingerprint density at radius 2 is 1.82 bits per heavy atom. The molecule has 0 amide bonds. The molecule has 1 fully saturated rings. The molecule has 100 valence electrons. The van der Waals surface area contributed by atoms with Crippen molar-refractivity contribution in [3.8, 4) is 0 Å². The second-order valence-corrected chi connectivity index (χ2v) is 8.64. The van der Waals surface area contributed by atoms with Gasteiger partial charge in [0.25, 0.3) is 0 Å². The first kappa shape index (κ1) is 15.5. The zero-order chi connectivity index (χ0) is 12.7. The first-order chi connectivity index (χ1) is 8.17. The molecule has 17 heavy (non-hydrogen) atoms. The fourth-order valence-corrected chi connectivity index (χ4v) is 6.11. The first-order valence-electron chi connectivity index (χ1n) is 7.28. The predicted octanol–water partition coefficient (Wildman–Crippen LogP) is 1.59. The normalized spacial score (nSPS) is 19.9. The van der Waals surface area contributed by atoms with Gasteiger partial charge in [-0.05, 0) is 46.8 Å². The summed E-state index contributed by atoms with van der Waals surface area (Å²) in [5.74, 6) is 0. The van der Waals surface area contributed by atoms with Gasteiger partial charge >= 0.3 is 14.4 Å². The monoisotopic (exact) mass is 255 g/mol. The van der Waals surface area contributed by atoms with Crippen molar-refractivity contribution >= 4 is 14.4 Å². The lowest BCUT2D eigenvalue weighted by molar-refractivity contribution is 0.291. The number of likely N-dealkylation sites (N-methyl/N-ethyl adjacent to an activating group) is 2. The summed E-state index contributed by atoms with van der Waals surface area (Å²) < 4.78 is 2.82. The van der Waals surface area contributed by atoms with Crippen LogP contribution in [-0.2, 0) is 0 Å². The molecular weight excluding hydrogens is 225 g/mol. The molecule has 0 bridgehead atoms. The SMILES string of the molecule is CCN1CC[N](CC)[Al]([CH2]CCN(C)C)[CH2]C1. The van der Waals surface area contributed by atoms with E-state index in [2.05, 4.69) is 41.6 Å². The molecule has 1 saturated heterocycles. The summed E-state index contributed by atoms with van der Waals surface area (Å²) in [6.45, 7) is 12.4. The summed E-state index contributed by atoms with van der Waals surface area (Å²) >= 11 is -0.633. The van der Waals surface area contributed by atoms with Crippen LogP contribution in [0.3, 0.4) is 0 Å². The second kappa shape index (κ2) is 8.50. The van der Waals surface area contributed by atoms with Crippen molar-refractivity contribution in [2.45, 2.75) is 30.8 Å². The Labute approximate surface area is 112 Å². The molecule has 1 heterocycles. The summed E-state index contributed by atoms with van der Waals surface area (Å²) in [5, 5.41) is 3.00. The topological polar surface area (TPSA) is 9.72 Å². The Balaban J connectivity index is 2.38. The molecular formula is C13H30AlN3. The van der Waals surface area contributed by atoms with E-state index in [9.17, 15) is 0 Å². The minimum Gasteiger partial charge on any atom is -0.384 e. The average molecular weight is 255 g/mol. The fourth-order valence-electron chi connectivity index (χ4n) is 2.78. The predicted molar refractivity (Wildman–Crippen MR) is 77.9 cm³/mol. The lowest BCUT2D eigenvalue weighted by Gasteiger charge is -2.25. The molecule has 0 aromatic rings. The Bertz CT molecular complexity index is 199. The van der Waals surface area contributed by atoms with Gasteiger partial charge in [0.05, 0.1) is 0 Å². The zero-order valence-corrected chi connectivity index (χ0v) is 13.4. The molecule has 1 rings (SSSR count). The number of hydrogen-bond donors (Lipinski definition) is 0. The van der Waals surface area contributed by atoms with Gasteiger partial charge in [0, 0.05) is 6.54 Å². The van der Waals surface area contributed by atoms with Gasteiger partial charge in [0.1, 0.15) is 0 Å². The highest BCUT2D eigenvalue weighted by atomic mass is 27.2. The van der Waals surface area contributed by atoms with E-state index in [1.165, 1.54) is 56.3 Å². The van der Waals surface area contributed by atoms with Crippen molar-refractivity contribution in [3.05, 3.63) is 0 Å². The highest BCUT2D eigenvalue weighted by molar-refractivity contribution is 6.55. The molecule has 4 heteroatoms. The summed E-state index contributed by atoms with van der Waals surface area (Å²) in [4.78, 5) is 4.95. The largest absolute Gasteiger partial charge is 0.384 e. The third kappa shape index (κ3) is 5.72. The lowest BCUT2D eigenvalue weighted by atomic mass is 10.4. The van der Waals surface area contributed by atoms with Crippen LogP contribution in [0.5, 0.6) is 0 Å². The molecule has 0 radical (unpaired) electrons. The van der Waals surface area contributed by atoms with Crippen LogP contribution in [-0.4, -0.2) is 81.4 Å². The van der Waals surface area contributed by atoms with Crippen LogP contribution in [0.15, 0.2) is 0 Å². The maximum absolute atomic E-state index is 2.82. The van der Waals surface area contributed by atoms with E-state index in [4.69, 9.17) is 0 Å². The summed E-state index contributed by atoms with van der Waals surface area (Å²) in [5.41, 5.74) is 0. The molecule has 0 atom stereocenters. The van der Waals surface area contributed by atoms with Crippen molar-refractivity contribution in [1.82, 2.24) is 13.7 Å². The Hall–Kier alpha value is 0.412. The van der Waals surface area contributed by atoms with Crippen LogP contribution in [0.4, 0.5) is 0 Å². The molecule has 0 aromatic carbocycles. The van der Waals surface area contributed by atoms with E-state index in [0.29, 0.717) is 0 Å². The van der Waals surface area contributed by atoms with E-state index in [0.717, 1.165) is 0 Å². The fraction of sp³-hybridized carbons (Fsp3) is 1.00. The molecule has 1 aliphatic heterocycles. The van der Waals surface area contributed by atoms with Gasteiger partial charge in [-0.2, -0.15) is 0 Å². The zero-order valence-electron chi connectivity index (χ0n) is 12.3. The average Bonchev–Trinajstić information content (AvgIpc) is 2.50.